The van der Waals surface area contributed by atoms with Crippen molar-refractivity contribution in [3.05, 3.63) is 5.56 Å². The van der Waals surface area contributed by atoms with Crippen LogP contribution in [0, 0.1) is 6.92 Å². The van der Waals surface area contributed by atoms with Crippen LogP contribution in [0.15, 0.2) is 14.7 Å². The van der Waals surface area contributed by atoms with Gasteiger partial charge in [0, 0.05) is 9.79 Å². The molecule has 0 unspecified atom stereocenters. The van der Waals surface area contributed by atoms with Crippen LogP contribution >= 0.6 is 35.3 Å². The number of hydrogen-bond acceptors (Lipinski definition) is 5. The number of nitrogen functional groups attached to an aromatic ring is 2. The number of benzene rings is 1. The molecule has 0 aliphatic carbocycles. The second-order valence-corrected chi connectivity index (χ2v) is 5.50. The first-order valence-electron chi connectivity index (χ1n) is 4.41. The van der Waals surface area contributed by atoms with E-state index in [-0.39, 0.29) is 0 Å². The van der Waals surface area contributed by atoms with Gasteiger partial charge in [0.2, 0.25) is 0 Å². The predicted octanol–water partition coefficient (Wildman–Crippen LogP) is 3.33. The zero-order chi connectivity index (χ0) is 11.6. The number of rotatable bonds is 3. The smallest absolute Gasteiger partial charge is 0.0614 e. The van der Waals surface area contributed by atoms with Crippen molar-refractivity contribution in [3.8, 4) is 0 Å². The van der Waals surface area contributed by atoms with E-state index in [4.69, 9.17) is 11.5 Å². The lowest BCUT2D eigenvalue weighted by Crippen LogP contribution is -2.02. The first kappa shape index (κ1) is 12.9. The summed E-state index contributed by atoms with van der Waals surface area (Å²) in [6.45, 7) is 2.08. The molecule has 0 heterocycles. The molecule has 0 atom stereocenters. The Morgan fingerprint density at radius 1 is 0.733 bits per heavy atom. The molecular weight excluding hydrogens is 244 g/mol. The number of anilines is 2. The van der Waals surface area contributed by atoms with E-state index in [1.807, 2.05) is 18.8 Å². The van der Waals surface area contributed by atoms with Gasteiger partial charge >= 0.3 is 0 Å². The molecule has 0 bridgehead atoms. The van der Waals surface area contributed by atoms with Crippen molar-refractivity contribution in [2.45, 2.75) is 21.6 Å². The Labute approximate surface area is 104 Å². The van der Waals surface area contributed by atoms with Crippen molar-refractivity contribution >= 4 is 46.7 Å². The van der Waals surface area contributed by atoms with Crippen LogP contribution in [0.25, 0.3) is 0 Å². The fourth-order valence-corrected chi connectivity index (χ4v) is 3.90. The fraction of sp³-hybridized carbons (Fsp3) is 0.400. The minimum atomic E-state index is 0.822. The van der Waals surface area contributed by atoms with Gasteiger partial charge in [0.1, 0.15) is 0 Å². The molecule has 0 radical (unpaired) electrons. The maximum Gasteiger partial charge on any atom is 0.0614 e. The van der Waals surface area contributed by atoms with E-state index in [0.717, 1.165) is 26.1 Å². The van der Waals surface area contributed by atoms with Crippen molar-refractivity contribution in [1.29, 1.82) is 0 Å². The van der Waals surface area contributed by atoms with Crippen molar-refractivity contribution in [3.63, 3.8) is 0 Å². The van der Waals surface area contributed by atoms with Gasteiger partial charge in [0.15, 0.2) is 0 Å². The third kappa shape index (κ3) is 2.19. The van der Waals surface area contributed by atoms with Crippen LogP contribution in [0.5, 0.6) is 0 Å². The molecule has 0 amide bonds. The van der Waals surface area contributed by atoms with Gasteiger partial charge in [0.25, 0.3) is 0 Å². The van der Waals surface area contributed by atoms with E-state index >= 15 is 0 Å². The Hall–Kier alpha value is -0.130. The van der Waals surface area contributed by atoms with Gasteiger partial charge in [-0.3, -0.25) is 0 Å². The Morgan fingerprint density at radius 2 is 1.07 bits per heavy atom. The van der Waals surface area contributed by atoms with Crippen molar-refractivity contribution in [1.82, 2.24) is 0 Å². The molecular formula is C10H16N2S3. The number of hydrogen-bond donors (Lipinski definition) is 2. The predicted molar refractivity (Wildman–Crippen MR) is 75.3 cm³/mol. The zero-order valence-corrected chi connectivity index (χ0v) is 11.8. The van der Waals surface area contributed by atoms with Crippen molar-refractivity contribution in [2.75, 3.05) is 30.2 Å². The van der Waals surface area contributed by atoms with Crippen LogP contribution in [0.4, 0.5) is 11.4 Å². The molecule has 1 aromatic carbocycles. The maximum atomic E-state index is 6.10. The third-order valence-corrected chi connectivity index (χ3v) is 4.99. The van der Waals surface area contributed by atoms with E-state index in [1.165, 1.54) is 5.56 Å². The molecule has 84 valence electrons. The number of thioether (sulfide) groups is 3. The second-order valence-electron chi connectivity index (χ2n) is 3.05. The summed E-state index contributed by atoms with van der Waals surface area (Å²) in [6, 6.07) is 0. The van der Waals surface area contributed by atoms with Crippen LogP contribution in [-0.2, 0) is 0 Å². The lowest BCUT2D eigenvalue weighted by Gasteiger charge is -2.17. The summed E-state index contributed by atoms with van der Waals surface area (Å²) in [5.74, 6) is 0. The highest BCUT2D eigenvalue weighted by molar-refractivity contribution is 8.00. The lowest BCUT2D eigenvalue weighted by atomic mass is 10.2. The van der Waals surface area contributed by atoms with E-state index < -0.39 is 0 Å². The minimum Gasteiger partial charge on any atom is -0.397 e. The van der Waals surface area contributed by atoms with Crippen molar-refractivity contribution in [2.24, 2.45) is 0 Å². The van der Waals surface area contributed by atoms with E-state index in [2.05, 4.69) is 6.92 Å². The van der Waals surface area contributed by atoms with Gasteiger partial charge < -0.3 is 11.5 Å². The van der Waals surface area contributed by atoms with Crippen LogP contribution in [0.3, 0.4) is 0 Å². The summed E-state index contributed by atoms with van der Waals surface area (Å²) in [5.41, 5.74) is 15.0. The Morgan fingerprint density at radius 3 is 1.33 bits per heavy atom. The van der Waals surface area contributed by atoms with Gasteiger partial charge in [-0.15, -0.1) is 35.3 Å². The van der Waals surface area contributed by atoms with E-state index in [1.54, 1.807) is 35.3 Å². The third-order valence-electron chi connectivity index (χ3n) is 2.27. The monoisotopic (exact) mass is 260 g/mol. The van der Waals surface area contributed by atoms with Crippen LogP contribution in [0.1, 0.15) is 5.56 Å². The molecule has 1 rings (SSSR count). The SMILES string of the molecule is CSc1c(C)c(SC)c(N)c(SC)c1N. The average Bonchev–Trinajstić information content (AvgIpc) is 2.19. The first-order chi connectivity index (χ1) is 7.08. The maximum absolute atomic E-state index is 6.10. The number of nitrogens with two attached hydrogens (primary N) is 2. The van der Waals surface area contributed by atoms with Gasteiger partial charge in [-0.05, 0) is 31.3 Å². The molecule has 2 nitrogen and oxygen atoms in total. The highest BCUT2D eigenvalue weighted by atomic mass is 32.2. The summed E-state index contributed by atoms with van der Waals surface area (Å²) in [4.78, 5) is 3.31. The van der Waals surface area contributed by atoms with Crippen LogP contribution in [-0.4, -0.2) is 18.8 Å². The Kier molecular flexibility index (Phi) is 4.55. The molecule has 4 N–H and O–H groups in total. The van der Waals surface area contributed by atoms with E-state index in [9.17, 15) is 0 Å². The standard InChI is InChI=1S/C10H16N2S3/c1-5-8(13-2)6(11)10(15-4)7(12)9(5)14-3/h11-12H2,1-4H3. The van der Waals surface area contributed by atoms with Crippen LogP contribution in [0.2, 0.25) is 0 Å². The fourth-order valence-electron chi connectivity index (χ4n) is 1.60. The zero-order valence-electron chi connectivity index (χ0n) is 9.38. The van der Waals surface area contributed by atoms with Crippen molar-refractivity contribution < 1.29 is 0 Å². The minimum absolute atomic E-state index is 0.822. The van der Waals surface area contributed by atoms with Crippen LogP contribution < -0.4 is 11.5 Å². The molecule has 0 saturated carbocycles. The molecule has 0 aromatic heterocycles. The molecule has 0 saturated heterocycles. The summed E-state index contributed by atoms with van der Waals surface area (Å²) >= 11 is 4.98. The highest BCUT2D eigenvalue weighted by Crippen LogP contribution is 2.44. The van der Waals surface area contributed by atoms with Gasteiger partial charge in [-0.25, -0.2) is 0 Å². The quantitative estimate of drug-likeness (QED) is 0.645. The summed E-state index contributed by atoms with van der Waals surface area (Å²) < 4.78 is 0. The molecule has 0 spiro atoms. The Balaban J connectivity index is 3.57. The summed E-state index contributed by atoms with van der Waals surface area (Å²) in [5, 5.41) is 0. The molecule has 1 aromatic rings. The van der Waals surface area contributed by atoms with Gasteiger partial charge in [-0.1, -0.05) is 0 Å². The second kappa shape index (κ2) is 5.27. The Bertz CT molecular complexity index is 299. The van der Waals surface area contributed by atoms with Gasteiger partial charge in [0.05, 0.1) is 16.3 Å². The summed E-state index contributed by atoms with van der Waals surface area (Å²) in [7, 11) is 0. The normalized spacial score (nSPS) is 10.7. The lowest BCUT2D eigenvalue weighted by molar-refractivity contribution is 1.16. The largest absolute Gasteiger partial charge is 0.397 e. The van der Waals surface area contributed by atoms with E-state index in [0.29, 0.717) is 0 Å². The average molecular weight is 260 g/mol. The molecule has 5 heteroatoms. The molecule has 0 aliphatic rings. The summed E-state index contributed by atoms with van der Waals surface area (Å²) in [6.07, 6.45) is 6.10. The highest BCUT2D eigenvalue weighted by Gasteiger charge is 2.16. The molecule has 0 aliphatic heterocycles. The topological polar surface area (TPSA) is 52.0 Å². The molecule has 0 fully saturated rings. The van der Waals surface area contributed by atoms with Gasteiger partial charge in [-0.2, -0.15) is 0 Å². The molecule has 15 heavy (non-hydrogen) atoms. The first-order valence-corrected chi connectivity index (χ1v) is 8.09.